The Morgan fingerprint density at radius 1 is 1.21 bits per heavy atom. The molecule has 1 aromatic carbocycles. The van der Waals surface area contributed by atoms with Crippen molar-refractivity contribution in [2.45, 2.75) is 51.1 Å². The third kappa shape index (κ3) is 2.46. The SMILES string of the molecule is Cc1ccccc1C(=O)CC1CC2CC[C@H](C1)N2C. The third-order valence-corrected chi connectivity index (χ3v) is 5.12. The van der Waals surface area contributed by atoms with Gasteiger partial charge in [-0.2, -0.15) is 0 Å². The molecule has 102 valence electrons. The molecule has 19 heavy (non-hydrogen) atoms. The van der Waals surface area contributed by atoms with Gasteiger partial charge in [0.25, 0.3) is 0 Å². The van der Waals surface area contributed by atoms with Crippen LogP contribution in [0.25, 0.3) is 0 Å². The first-order chi connectivity index (χ1) is 9.15. The quantitative estimate of drug-likeness (QED) is 0.773. The molecule has 2 bridgehead atoms. The molecule has 3 rings (SSSR count). The Morgan fingerprint density at radius 3 is 2.47 bits per heavy atom. The van der Waals surface area contributed by atoms with Gasteiger partial charge in [-0.3, -0.25) is 4.79 Å². The smallest absolute Gasteiger partial charge is 0.163 e. The van der Waals surface area contributed by atoms with Gasteiger partial charge in [0.15, 0.2) is 5.78 Å². The van der Waals surface area contributed by atoms with Crippen LogP contribution in [-0.4, -0.2) is 29.8 Å². The van der Waals surface area contributed by atoms with Crippen molar-refractivity contribution >= 4 is 5.78 Å². The predicted octanol–water partition coefficient (Wildman–Crippen LogP) is 3.44. The zero-order chi connectivity index (χ0) is 13.4. The highest BCUT2D eigenvalue weighted by Crippen LogP contribution is 2.39. The molecule has 2 aliphatic rings. The Labute approximate surface area is 115 Å². The summed E-state index contributed by atoms with van der Waals surface area (Å²) in [6.07, 6.45) is 5.83. The molecule has 0 aliphatic carbocycles. The summed E-state index contributed by atoms with van der Waals surface area (Å²) < 4.78 is 0. The number of carbonyl (C=O) groups excluding carboxylic acids is 1. The summed E-state index contributed by atoms with van der Waals surface area (Å²) in [5.41, 5.74) is 2.04. The molecule has 0 N–H and O–H groups in total. The summed E-state index contributed by atoms with van der Waals surface area (Å²) in [5.74, 6) is 0.938. The van der Waals surface area contributed by atoms with Crippen LogP contribution in [-0.2, 0) is 0 Å². The van der Waals surface area contributed by atoms with Crippen LogP contribution in [0, 0.1) is 12.8 Å². The first-order valence-electron chi connectivity index (χ1n) is 7.46. The van der Waals surface area contributed by atoms with Gasteiger partial charge in [0.1, 0.15) is 0 Å². The summed E-state index contributed by atoms with van der Waals surface area (Å²) in [7, 11) is 2.25. The minimum atomic E-state index is 0.340. The van der Waals surface area contributed by atoms with Crippen LogP contribution in [0.15, 0.2) is 24.3 Å². The minimum Gasteiger partial charge on any atom is -0.300 e. The van der Waals surface area contributed by atoms with Crippen molar-refractivity contribution in [3.8, 4) is 0 Å². The number of Topliss-reactive ketones (excluding diaryl/α,β-unsaturated/α-hetero) is 1. The lowest BCUT2D eigenvalue weighted by Crippen LogP contribution is -2.40. The average Bonchev–Trinajstić information content (AvgIpc) is 2.63. The van der Waals surface area contributed by atoms with E-state index in [0.717, 1.165) is 29.6 Å². The Hall–Kier alpha value is -1.15. The van der Waals surface area contributed by atoms with E-state index in [-0.39, 0.29) is 0 Å². The molecule has 0 spiro atoms. The second-order valence-electron chi connectivity index (χ2n) is 6.33. The molecule has 2 heteroatoms. The van der Waals surface area contributed by atoms with E-state index in [1.807, 2.05) is 31.2 Å². The highest BCUT2D eigenvalue weighted by Gasteiger charge is 2.38. The molecular formula is C17H23NO. The van der Waals surface area contributed by atoms with Gasteiger partial charge in [0.05, 0.1) is 0 Å². The van der Waals surface area contributed by atoms with Crippen LogP contribution in [0.5, 0.6) is 0 Å². The fraction of sp³-hybridized carbons (Fsp3) is 0.588. The van der Waals surface area contributed by atoms with Crippen molar-refractivity contribution in [2.24, 2.45) is 5.92 Å². The van der Waals surface area contributed by atoms with Gasteiger partial charge < -0.3 is 4.90 Å². The second kappa shape index (κ2) is 5.09. The summed E-state index contributed by atoms with van der Waals surface area (Å²) >= 11 is 0. The highest BCUT2D eigenvalue weighted by atomic mass is 16.1. The fourth-order valence-corrected chi connectivity index (χ4v) is 3.95. The Kier molecular flexibility index (Phi) is 3.44. The molecule has 0 amide bonds. The van der Waals surface area contributed by atoms with E-state index < -0.39 is 0 Å². The van der Waals surface area contributed by atoms with Gasteiger partial charge in [-0.1, -0.05) is 24.3 Å². The third-order valence-electron chi connectivity index (χ3n) is 5.12. The maximum Gasteiger partial charge on any atom is 0.163 e. The number of aryl methyl sites for hydroxylation is 1. The van der Waals surface area contributed by atoms with Crippen molar-refractivity contribution in [3.05, 3.63) is 35.4 Å². The summed E-state index contributed by atoms with van der Waals surface area (Å²) in [6.45, 7) is 2.03. The number of benzene rings is 1. The van der Waals surface area contributed by atoms with E-state index in [0.29, 0.717) is 11.7 Å². The number of rotatable bonds is 3. The standard InChI is InChI=1S/C17H23NO/c1-12-5-3-4-6-16(12)17(19)11-13-9-14-7-8-15(10-13)18(14)2/h3-6,13-15H,7-11H2,1-2H3/t13?,14-,15?/m1/s1. The Balaban J connectivity index is 1.67. The maximum atomic E-state index is 12.4. The number of piperidine rings is 1. The van der Waals surface area contributed by atoms with Crippen LogP contribution in [0.2, 0.25) is 0 Å². The maximum absolute atomic E-state index is 12.4. The Bertz CT molecular complexity index is 468. The number of carbonyl (C=O) groups is 1. The summed E-state index contributed by atoms with van der Waals surface area (Å²) in [5, 5.41) is 0. The Morgan fingerprint density at radius 2 is 1.84 bits per heavy atom. The normalized spacial score (nSPS) is 30.5. The van der Waals surface area contributed by atoms with E-state index in [4.69, 9.17) is 0 Å². The van der Waals surface area contributed by atoms with Crippen molar-refractivity contribution in [2.75, 3.05) is 7.05 Å². The second-order valence-corrected chi connectivity index (χ2v) is 6.33. The molecule has 2 aliphatic heterocycles. The lowest BCUT2D eigenvalue weighted by Gasteiger charge is -2.36. The van der Waals surface area contributed by atoms with E-state index in [1.54, 1.807) is 0 Å². The zero-order valence-corrected chi connectivity index (χ0v) is 11.9. The molecule has 0 saturated carbocycles. The molecule has 1 aromatic rings. The number of hydrogen-bond acceptors (Lipinski definition) is 2. The van der Waals surface area contributed by atoms with Crippen molar-refractivity contribution in [3.63, 3.8) is 0 Å². The molecule has 2 heterocycles. The van der Waals surface area contributed by atoms with Gasteiger partial charge in [0, 0.05) is 24.1 Å². The minimum absolute atomic E-state index is 0.340. The molecule has 2 fully saturated rings. The molecule has 2 unspecified atom stereocenters. The predicted molar refractivity (Wildman–Crippen MR) is 77.4 cm³/mol. The largest absolute Gasteiger partial charge is 0.300 e. The van der Waals surface area contributed by atoms with Crippen LogP contribution >= 0.6 is 0 Å². The van der Waals surface area contributed by atoms with Crippen molar-refractivity contribution < 1.29 is 4.79 Å². The number of hydrogen-bond donors (Lipinski definition) is 0. The van der Waals surface area contributed by atoms with E-state index in [9.17, 15) is 4.79 Å². The van der Waals surface area contributed by atoms with Crippen LogP contribution in [0.1, 0.15) is 48.0 Å². The first-order valence-corrected chi connectivity index (χ1v) is 7.46. The summed E-state index contributed by atoms with van der Waals surface area (Å²) in [6, 6.07) is 9.44. The van der Waals surface area contributed by atoms with E-state index >= 15 is 0 Å². The fourth-order valence-electron chi connectivity index (χ4n) is 3.95. The number of nitrogens with zero attached hydrogens (tertiary/aromatic N) is 1. The molecular weight excluding hydrogens is 234 g/mol. The van der Waals surface area contributed by atoms with E-state index in [2.05, 4.69) is 11.9 Å². The lowest BCUT2D eigenvalue weighted by atomic mass is 9.85. The molecule has 0 aromatic heterocycles. The molecule has 2 saturated heterocycles. The van der Waals surface area contributed by atoms with Gasteiger partial charge in [-0.05, 0) is 51.1 Å². The van der Waals surface area contributed by atoms with E-state index in [1.165, 1.54) is 25.7 Å². The zero-order valence-electron chi connectivity index (χ0n) is 11.9. The van der Waals surface area contributed by atoms with Crippen LogP contribution in [0.4, 0.5) is 0 Å². The topological polar surface area (TPSA) is 20.3 Å². The average molecular weight is 257 g/mol. The van der Waals surface area contributed by atoms with Crippen molar-refractivity contribution in [1.29, 1.82) is 0 Å². The molecule has 2 nitrogen and oxygen atoms in total. The van der Waals surface area contributed by atoms with Crippen LogP contribution < -0.4 is 0 Å². The van der Waals surface area contributed by atoms with Crippen molar-refractivity contribution in [1.82, 2.24) is 4.90 Å². The van der Waals surface area contributed by atoms with Gasteiger partial charge in [-0.25, -0.2) is 0 Å². The first kappa shape index (κ1) is 12.9. The van der Waals surface area contributed by atoms with Gasteiger partial charge in [-0.15, -0.1) is 0 Å². The lowest BCUT2D eigenvalue weighted by molar-refractivity contribution is 0.0882. The van der Waals surface area contributed by atoms with Gasteiger partial charge >= 0.3 is 0 Å². The molecule has 0 radical (unpaired) electrons. The monoisotopic (exact) mass is 257 g/mol. The number of ketones is 1. The highest BCUT2D eigenvalue weighted by molar-refractivity contribution is 5.97. The number of fused-ring (bicyclic) bond motifs is 2. The molecule has 3 atom stereocenters. The van der Waals surface area contributed by atoms with Gasteiger partial charge in [0.2, 0.25) is 0 Å². The summed E-state index contributed by atoms with van der Waals surface area (Å²) in [4.78, 5) is 15.0. The van der Waals surface area contributed by atoms with Crippen LogP contribution in [0.3, 0.4) is 0 Å².